The lowest BCUT2D eigenvalue weighted by atomic mass is 10.1. The zero-order chi connectivity index (χ0) is 20.6. The summed E-state index contributed by atoms with van der Waals surface area (Å²) >= 11 is 7.52. The topological polar surface area (TPSA) is 61.4 Å². The molecule has 1 unspecified atom stereocenters. The second kappa shape index (κ2) is 10.8. The van der Waals surface area contributed by atoms with E-state index in [0.717, 1.165) is 44.8 Å². The van der Waals surface area contributed by atoms with Crippen molar-refractivity contribution in [3.8, 4) is 0 Å². The van der Waals surface area contributed by atoms with Gasteiger partial charge in [-0.05, 0) is 32.4 Å². The van der Waals surface area contributed by atoms with Gasteiger partial charge in [-0.15, -0.1) is 0 Å². The van der Waals surface area contributed by atoms with E-state index in [2.05, 4.69) is 44.3 Å². The molecule has 156 valence electrons. The molecule has 1 aliphatic rings. The number of likely N-dealkylation sites (N-methyl/N-ethyl adjacent to an activating group) is 1. The Labute approximate surface area is 182 Å². The fraction of sp³-hybridized carbons (Fsp3) is 0.476. The Bertz CT molecular complexity index is 799. The third kappa shape index (κ3) is 7.17. The molecule has 1 saturated heterocycles. The maximum atomic E-state index is 12.3. The lowest BCUT2D eigenvalue weighted by Crippen LogP contribution is -2.44. The number of amides is 1. The van der Waals surface area contributed by atoms with Crippen LogP contribution in [0.2, 0.25) is 5.15 Å². The first-order valence-corrected chi connectivity index (χ1v) is 11.3. The first kappa shape index (κ1) is 21.9. The van der Waals surface area contributed by atoms with Crippen LogP contribution in [-0.4, -0.2) is 65.8 Å². The highest BCUT2D eigenvalue weighted by Crippen LogP contribution is 2.22. The van der Waals surface area contributed by atoms with Crippen molar-refractivity contribution >= 4 is 35.1 Å². The standard InChI is InChI=1S/C21H28ClN5OS/c1-16(8-9-17-6-4-3-5-7-17)23-20(28)15-29-21-24-18(22)14-19(25-21)27-12-10-26(2)11-13-27/h3-7,14,16H,8-13,15H2,1-2H3,(H,23,28). The van der Waals surface area contributed by atoms with Gasteiger partial charge in [-0.1, -0.05) is 53.7 Å². The van der Waals surface area contributed by atoms with Crippen molar-refractivity contribution in [2.45, 2.75) is 31.0 Å². The van der Waals surface area contributed by atoms with Gasteiger partial charge in [0.1, 0.15) is 11.0 Å². The number of rotatable bonds is 8. The molecule has 0 aliphatic carbocycles. The maximum absolute atomic E-state index is 12.3. The molecule has 1 aliphatic heterocycles. The summed E-state index contributed by atoms with van der Waals surface area (Å²) in [4.78, 5) is 25.7. The van der Waals surface area contributed by atoms with E-state index in [1.165, 1.54) is 17.3 Å². The average molecular weight is 434 g/mol. The summed E-state index contributed by atoms with van der Waals surface area (Å²) in [5.74, 6) is 1.09. The number of carbonyl (C=O) groups is 1. The van der Waals surface area contributed by atoms with Crippen LogP contribution in [0, 0.1) is 0 Å². The highest BCUT2D eigenvalue weighted by Gasteiger charge is 2.17. The number of anilines is 1. The first-order valence-electron chi connectivity index (χ1n) is 9.94. The number of hydrogen-bond acceptors (Lipinski definition) is 6. The minimum Gasteiger partial charge on any atom is -0.354 e. The molecule has 1 atom stereocenters. The van der Waals surface area contributed by atoms with Gasteiger partial charge in [0.05, 0.1) is 5.75 Å². The molecule has 8 heteroatoms. The number of benzene rings is 1. The number of hydrogen-bond donors (Lipinski definition) is 1. The van der Waals surface area contributed by atoms with Gasteiger partial charge >= 0.3 is 0 Å². The summed E-state index contributed by atoms with van der Waals surface area (Å²) in [7, 11) is 2.12. The summed E-state index contributed by atoms with van der Waals surface area (Å²) < 4.78 is 0. The zero-order valence-corrected chi connectivity index (χ0v) is 18.5. The summed E-state index contributed by atoms with van der Waals surface area (Å²) in [6, 6.07) is 12.2. The predicted octanol–water partition coefficient (Wildman–Crippen LogP) is 3.11. The SMILES string of the molecule is CC(CCc1ccccc1)NC(=O)CSc1nc(Cl)cc(N2CCN(C)CC2)n1. The summed E-state index contributed by atoms with van der Waals surface area (Å²) in [6.45, 7) is 5.84. The smallest absolute Gasteiger partial charge is 0.230 e. The monoisotopic (exact) mass is 433 g/mol. The lowest BCUT2D eigenvalue weighted by Gasteiger charge is -2.33. The van der Waals surface area contributed by atoms with Crippen molar-refractivity contribution in [1.29, 1.82) is 0 Å². The summed E-state index contributed by atoms with van der Waals surface area (Å²) in [5, 5.41) is 4.00. The minimum atomic E-state index is -0.0136. The number of thioether (sulfide) groups is 1. The fourth-order valence-electron chi connectivity index (χ4n) is 3.19. The van der Waals surface area contributed by atoms with Gasteiger partial charge < -0.3 is 15.1 Å². The van der Waals surface area contributed by atoms with Gasteiger partial charge in [0, 0.05) is 38.3 Å². The van der Waals surface area contributed by atoms with E-state index in [1.54, 1.807) is 6.07 Å². The predicted molar refractivity (Wildman–Crippen MR) is 120 cm³/mol. The van der Waals surface area contributed by atoms with Gasteiger partial charge in [-0.3, -0.25) is 4.79 Å². The molecule has 0 saturated carbocycles. The molecule has 0 bridgehead atoms. The van der Waals surface area contributed by atoms with Gasteiger partial charge in [-0.2, -0.15) is 0 Å². The van der Waals surface area contributed by atoms with Gasteiger partial charge in [0.2, 0.25) is 5.91 Å². The van der Waals surface area contributed by atoms with E-state index in [0.29, 0.717) is 10.3 Å². The molecule has 6 nitrogen and oxygen atoms in total. The van der Waals surface area contributed by atoms with Crippen molar-refractivity contribution in [3.63, 3.8) is 0 Å². The second-order valence-electron chi connectivity index (χ2n) is 7.40. The van der Waals surface area contributed by atoms with Crippen LogP contribution in [0.25, 0.3) is 0 Å². The Kier molecular flexibility index (Phi) is 8.15. The number of halogens is 1. The van der Waals surface area contributed by atoms with E-state index in [1.807, 2.05) is 25.1 Å². The molecule has 29 heavy (non-hydrogen) atoms. The highest BCUT2D eigenvalue weighted by molar-refractivity contribution is 7.99. The summed E-state index contributed by atoms with van der Waals surface area (Å²) in [6.07, 6.45) is 1.85. The van der Waals surface area contributed by atoms with Crippen molar-refractivity contribution in [1.82, 2.24) is 20.2 Å². The fourth-order valence-corrected chi connectivity index (χ4v) is 4.09. The molecular weight excluding hydrogens is 406 g/mol. The van der Waals surface area contributed by atoms with Crippen LogP contribution < -0.4 is 10.2 Å². The Morgan fingerprint density at radius 3 is 2.66 bits per heavy atom. The van der Waals surface area contributed by atoms with Crippen molar-refractivity contribution in [3.05, 3.63) is 47.1 Å². The quantitative estimate of drug-likeness (QED) is 0.392. The Hall–Kier alpha value is -1.83. The molecule has 2 aromatic rings. The molecule has 0 spiro atoms. The van der Waals surface area contributed by atoms with Crippen LogP contribution >= 0.6 is 23.4 Å². The Morgan fingerprint density at radius 1 is 1.21 bits per heavy atom. The molecule has 1 aromatic carbocycles. The van der Waals surface area contributed by atoms with Crippen LogP contribution in [0.5, 0.6) is 0 Å². The maximum Gasteiger partial charge on any atom is 0.230 e. The third-order valence-corrected chi connectivity index (χ3v) is 5.98. The highest BCUT2D eigenvalue weighted by atomic mass is 35.5. The molecule has 1 N–H and O–H groups in total. The minimum absolute atomic E-state index is 0.0136. The van der Waals surface area contributed by atoms with E-state index >= 15 is 0 Å². The van der Waals surface area contributed by atoms with Crippen LogP contribution in [0.3, 0.4) is 0 Å². The van der Waals surface area contributed by atoms with Gasteiger partial charge in [-0.25, -0.2) is 9.97 Å². The molecule has 3 rings (SSSR count). The average Bonchev–Trinajstić information content (AvgIpc) is 2.72. The number of nitrogens with one attached hydrogen (secondary N) is 1. The largest absolute Gasteiger partial charge is 0.354 e. The van der Waals surface area contributed by atoms with Crippen LogP contribution in [0.1, 0.15) is 18.9 Å². The second-order valence-corrected chi connectivity index (χ2v) is 8.73. The number of carbonyl (C=O) groups excluding carboxylic acids is 1. The third-order valence-electron chi connectivity index (χ3n) is 4.94. The Morgan fingerprint density at radius 2 is 1.93 bits per heavy atom. The number of piperazine rings is 1. The van der Waals surface area contributed by atoms with Gasteiger partial charge in [0.15, 0.2) is 5.16 Å². The number of aromatic nitrogens is 2. The Balaban J connectivity index is 1.47. The van der Waals surface area contributed by atoms with E-state index in [4.69, 9.17) is 11.6 Å². The number of aryl methyl sites for hydroxylation is 1. The van der Waals surface area contributed by atoms with E-state index in [9.17, 15) is 4.79 Å². The first-order chi connectivity index (χ1) is 14.0. The normalized spacial score (nSPS) is 15.9. The summed E-state index contributed by atoms with van der Waals surface area (Å²) in [5.41, 5.74) is 1.28. The molecule has 1 fully saturated rings. The van der Waals surface area contributed by atoms with Crippen LogP contribution in [0.15, 0.2) is 41.6 Å². The van der Waals surface area contributed by atoms with Gasteiger partial charge in [0.25, 0.3) is 0 Å². The van der Waals surface area contributed by atoms with Crippen LogP contribution in [-0.2, 0) is 11.2 Å². The number of nitrogens with zero attached hydrogens (tertiary/aromatic N) is 4. The van der Waals surface area contributed by atoms with E-state index < -0.39 is 0 Å². The van der Waals surface area contributed by atoms with Crippen LogP contribution in [0.4, 0.5) is 5.82 Å². The van der Waals surface area contributed by atoms with Crippen molar-refractivity contribution < 1.29 is 4.79 Å². The molecule has 0 radical (unpaired) electrons. The molecule has 1 amide bonds. The van der Waals surface area contributed by atoms with E-state index in [-0.39, 0.29) is 17.7 Å². The molecular formula is C21H28ClN5OS. The lowest BCUT2D eigenvalue weighted by molar-refractivity contribution is -0.119. The molecule has 2 heterocycles. The molecule has 1 aromatic heterocycles. The zero-order valence-electron chi connectivity index (χ0n) is 17.0. The van der Waals surface area contributed by atoms with Crippen molar-refractivity contribution in [2.75, 3.05) is 43.9 Å². The van der Waals surface area contributed by atoms with Crippen molar-refractivity contribution in [2.24, 2.45) is 0 Å².